The van der Waals surface area contributed by atoms with Gasteiger partial charge >= 0.3 is 0 Å². The maximum atomic E-state index is 15.0. The molecular weight excluding hydrogens is 449 g/mol. The van der Waals surface area contributed by atoms with Crippen molar-refractivity contribution in [2.24, 2.45) is 0 Å². The highest BCUT2D eigenvalue weighted by molar-refractivity contribution is 5.96. The largest absolute Gasteiger partial charge is 0.502 e. The normalized spacial score (nSPS) is 20.0. The average Bonchev–Trinajstić information content (AvgIpc) is 2.87. The second-order valence-electron chi connectivity index (χ2n) is 8.26. The number of hydrogen-bond donors (Lipinski definition) is 1. The SMILES string of the molecule is C.CC[C@H]1/C=C/COc2c(F)cccc2[C@H](c2ccccc2)N2CN1C(=O)c1c(O)c(=O)ccn12. The van der Waals surface area contributed by atoms with Crippen LogP contribution in [0.2, 0.25) is 0 Å². The molecule has 0 radical (unpaired) electrons. The fraction of sp³-hybridized carbons (Fsp3) is 0.259. The zero-order valence-corrected chi connectivity index (χ0v) is 18.6. The maximum Gasteiger partial charge on any atom is 0.278 e. The molecule has 0 saturated carbocycles. The molecule has 8 heteroatoms. The van der Waals surface area contributed by atoms with Gasteiger partial charge in [-0.2, -0.15) is 0 Å². The van der Waals surface area contributed by atoms with Crippen LogP contribution in [-0.2, 0) is 0 Å². The molecule has 2 atom stereocenters. The van der Waals surface area contributed by atoms with Gasteiger partial charge in [0.1, 0.15) is 19.3 Å². The summed E-state index contributed by atoms with van der Waals surface area (Å²) < 4.78 is 22.4. The molecule has 35 heavy (non-hydrogen) atoms. The number of pyridine rings is 1. The highest BCUT2D eigenvalue weighted by atomic mass is 19.1. The molecular formula is C27H28FN3O4. The molecule has 2 aliphatic rings. The van der Waals surface area contributed by atoms with E-state index in [1.165, 1.54) is 23.0 Å². The number of para-hydroxylation sites is 1. The van der Waals surface area contributed by atoms with Gasteiger partial charge in [-0.05, 0) is 24.1 Å². The number of nitrogens with zero attached hydrogens (tertiary/aromatic N) is 3. The fourth-order valence-electron chi connectivity index (χ4n) is 4.66. The lowest BCUT2D eigenvalue weighted by Gasteiger charge is -2.45. The minimum atomic E-state index is -0.639. The van der Waals surface area contributed by atoms with Gasteiger partial charge < -0.3 is 14.7 Å². The molecule has 0 unspecified atom stereocenters. The summed E-state index contributed by atoms with van der Waals surface area (Å²) in [5, 5.41) is 12.5. The third kappa shape index (κ3) is 4.05. The molecule has 1 N–H and O–H groups in total. The van der Waals surface area contributed by atoms with Crippen molar-refractivity contribution in [2.75, 3.05) is 18.3 Å². The van der Waals surface area contributed by atoms with E-state index in [0.717, 1.165) is 5.56 Å². The maximum absolute atomic E-state index is 15.0. The number of halogens is 1. The number of carbonyl (C=O) groups excluding carboxylic acids is 1. The van der Waals surface area contributed by atoms with Crippen LogP contribution in [0.1, 0.15) is 48.4 Å². The molecule has 1 aromatic heterocycles. The van der Waals surface area contributed by atoms with Crippen LogP contribution < -0.4 is 15.2 Å². The molecule has 182 valence electrons. The second kappa shape index (κ2) is 9.66. The van der Waals surface area contributed by atoms with Gasteiger partial charge in [-0.3, -0.25) is 19.3 Å². The number of benzene rings is 2. The minimum absolute atomic E-state index is 0. The summed E-state index contributed by atoms with van der Waals surface area (Å²) in [6, 6.07) is 14.6. The van der Waals surface area contributed by atoms with Crippen LogP contribution >= 0.6 is 0 Å². The molecule has 0 fully saturated rings. The number of rotatable bonds is 2. The lowest BCUT2D eigenvalue weighted by atomic mass is 9.96. The Bertz CT molecular complexity index is 1320. The number of amides is 1. The van der Waals surface area contributed by atoms with Crippen LogP contribution in [0.15, 0.2) is 77.7 Å². The van der Waals surface area contributed by atoms with Crippen molar-refractivity contribution in [3.8, 4) is 11.5 Å². The number of hydrogen-bond acceptors (Lipinski definition) is 5. The van der Waals surface area contributed by atoms with E-state index >= 15 is 4.39 Å². The number of aromatic hydroxyl groups is 1. The first kappa shape index (κ1) is 24.1. The van der Waals surface area contributed by atoms with Gasteiger partial charge in [0.2, 0.25) is 5.43 Å². The van der Waals surface area contributed by atoms with Crippen LogP contribution in [0.25, 0.3) is 0 Å². The average molecular weight is 478 g/mol. The van der Waals surface area contributed by atoms with Gasteiger partial charge in [-0.15, -0.1) is 0 Å². The van der Waals surface area contributed by atoms with Gasteiger partial charge in [0.25, 0.3) is 5.91 Å². The van der Waals surface area contributed by atoms with Crippen LogP contribution in [0, 0.1) is 5.82 Å². The Balaban J connectivity index is 0.00000289. The summed E-state index contributed by atoms with van der Waals surface area (Å²) in [4.78, 5) is 27.4. The Morgan fingerprint density at radius 3 is 2.60 bits per heavy atom. The molecule has 2 aliphatic heterocycles. The Kier molecular flexibility index (Phi) is 6.64. The van der Waals surface area contributed by atoms with Gasteiger partial charge in [0, 0.05) is 17.8 Å². The molecule has 0 aliphatic carbocycles. The first-order chi connectivity index (χ1) is 16.5. The van der Waals surface area contributed by atoms with E-state index in [0.29, 0.717) is 12.0 Å². The molecule has 5 rings (SSSR count). The quantitative estimate of drug-likeness (QED) is 0.560. The molecule has 1 amide bonds. The van der Waals surface area contributed by atoms with Crippen LogP contribution in [0.4, 0.5) is 4.39 Å². The zero-order chi connectivity index (χ0) is 23.8. The fourth-order valence-corrected chi connectivity index (χ4v) is 4.66. The van der Waals surface area contributed by atoms with Gasteiger partial charge in [-0.25, -0.2) is 4.39 Å². The number of aromatic nitrogens is 1. The highest BCUT2D eigenvalue weighted by Gasteiger charge is 2.39. The summed E-state index contributed by atoms with van der Waals surface area (Å²) in [5.41, 5.74) is 0.634. The summed E-state index contributed by atoms with van der Waals surface area (Å²) >= 11 is 0. The summed E-state index contributed by atoms with van der Waals surface area (Å²) in [6.07, 6.45) is 5.68. The standard InChI is InChI=1S/C26H24FN3O4.CH4/c1-2-18-10-7-15-34-25-19(11-6-12-20(25)27)22(17-8-4-3-5-9-17)30-16-28(18)26(33)23-24(32)21(31)13-14-29(23)30;/h3-14,18,22,32H,2,15-16H2,1H3;1H4/b10-7+;/t18-,22-;/m0./s1. The predicted octanol–water partition coefficient (Wildman–Crippen LogP) is 4.20. The Morgan fingerprint density at radius 1 is 1.09 bits per heavy atom. The van der Waals surface area contributed by atoms with Crippen LogP contribution in [-0.4, -0.2) is 39.9 Å². The molecule has 2 aromatic carbocycles. The van der Waals surface area contributed by atoms with Crippen molar-refractivity contribution < 1.29 is 19.0 Å². The highest BCUT2D eigenvalue weighted by Crippen LogP contribution is 2.38. The van der Waals surface area contributed by atoms with Crippen molar-refractivity contribution in [2.45, 2.75) is 32.9 Å². The minimum Gasteiger partial charge on any atom is -0.502 e. The summed E-state index contributed by atoms with van der Waals surface area (Å²) in [6.45, 7) is 2.22. The van der Waals surface area contributed by atoms with E-state index in [1.807, 2.05) is 48.3 Å². The molecule has 7 nitrogen and oxygen atoms in total. The van der Waals surface area contributed by atoms with E-state index in [4.69, 9.17) is 4.74 Å². The van der Waals surface area contributed by atoms with E-state index in [-0.39, 0.29) is 38.2 Å². The molecule has 0 saturated heterocycles. The lowest BCUT2D eigenvalue weighted by molar-refractivity contribution is 0.0626. The zero-order valence-electron chi connectivity index (χ0n) is 18.6. The van der Waals surface area contributed by atoms with Crippen molar-refractivity contribution in [3.05, 3.63) is 106 Å². The molecule has 3 aromatic rings. The van der Waals surface area contributed by atoms with Gasteiger partial charge in [0.05, 0.1) is 6.04 Å². The van der Waals surface area contributed by atoms with Crippen LogP contribution in [0.3, 0.4) is 0 Å². The van der Waals surface area contributed by atoms with E-state index in [2.05, 4.69) is 0 Å². The van der Waals surface area contributed by atoms with Crippen molar-refractivity contribution in [3.63, 3.8) is 0 Å². The Hall–Kier alpha value is -4.07. The lowest BCUT2D eigenvalue weighted by Crippen LogP contribution is -2.57. The molecule has 2 bridgehead atoms. The smallest absolute Gasteiger partial charge is 0.278 e. The predicted molar refractivity (Wildman–Crippen MR) is 132 cm³/mol. The first-order valence-electron chi connectivity index (χ1n) is 11.2. The third-order valence-electron chi connectivity index (χ3n) is 6.30. The summed E-state index contributed by atoms with van der Waals surface area (Å²) in [5.74, 6) is -1.44. The topological polar surface area (TPSA) is 75.0 Å². The van der Waals surface area contributed by atoms with E-state index in [1.54, 1.807) is 23.1 Å². The van der Waals surface area contributed by atoms with Crippen molar-refractivity contribution in [1.82, 2.24) is 9.58 Å². The number of ether oxygens (including phenoxy) is 1. The first-order valence-corrected chi connectivity index (χ1v) is 11.2. The van der Waals surface area contributed by atoms with Crippen molar-refractivity contribution in [1.29, 1.82) is 0 Å². The van der Waals surface area contributed by atoms with E-state index in [9.17, 15) is 14.7 Å². The van der Waals surface area contributed by atoms with Crippen LogP contribution in [0.5, 0.6) is 11.5 Å². The summed E-state index contributed by atoms with van der Waals surface area (Å²) in [7, 11) is 0. The van der Waals surface area contributed by atoms with E-state index < -0.39 is 28.9 Å². The number of carbonyl (C=O) groups is 1. The van der Waals surface area contributed by atoms with Crippen molar-refractivity contribution >= 4 is 5.91 Å². The van der Waals surface area contributed by atoms with Gasteiger partial charge in [-0.1, -0.05) is 62.9 Å². The molecule has 0 spiro atoms. The monoisotopic (exact) mass is 477 g/mol. The number of fused-ring (bicyclic) bond motifs is 5. The second-order valence-corrected chi connectivity index (χ2v) is 8.26. The molecule has 3 heterocycles. The Morgan fingerprint density at radius 2 is 1.86 bits per heavy atom. The Labute approximate surface area is 203 Å². The van der Waals surface area contributed by atoms with Gasteiger partial charge in [0.15, 0.2) is 23.0 Å². The third-order valence-corrected chi connectivity index (χ3v) is 6.30.